The smallest absolute Gasteiger partial charge is 0.209 e. The number of fused-ring (bicyclic) bond motifs is 1. The Morgan fingerprint density at radius 1 is 1.12 bits per heavy atom. The molecule has 0 saturated carbocycles. The van der Waals surface area contributed by atoms with Crippen molar-refractivity contribution in [1.29, 1.82) is 0 Å². The molecule has 0 fully saturated rings. The third kappa shape index (κ3) is 2.44. The lowest BCUT2D eigenvalue weighted by atomic mass is 10.1. The zero-order valence-corrected chi connectivity index (χ0v) is 9.32. The van der Waals surface area contributed by atoms with Gasteiger partial charge in [-0.3, -0.25) is 4.79 Å². The van der Waals surface area contributed by atoms with Crippen LogP contribution in [0, 0.1) is 0 Å². The SMILES string of the molecule is O=C(S)/C=C/c1ccc2cc(O)ccc2c1. The zero-order valence-electron chi connectivity index (χ0n) is 8.42. The van der Waals surface area contributed by atoms with Crippen LogP contribution in [-0.4, -0.2) is 10.2 Å². The van der Waals surface area contributed by atoms with Crippen molar-refractivity contribution in [3.63, 3.8) is 0 Å². The average Bonchev–Trinajstić information content (AvgIpc) is 2.26. The van der Waals surface area contributed by atoms with Gasteiger partial charge in [-0.2, -0.15) is 0 Å². The highest BCUT2D eigenvalue weighted by Gasteiger charge is 1.96. The molecule has 80 valence electrons. The van der Waals surface area contributed by atoms with Crippen molar-refractivity contribution in [2.75, 3.05) is 0 Å². The minimum absolute atomic E-state index is 0.251. The Labute approximate surface area is 98.6 Å². The zero-order chi connectivity index (χ0) is 11.5. The summed E-state index contributed by atoms with van der Waals surface area (Å²) >= 11 is 3.66. The first-order chi connectivity index (χ1) is 7.65. The molecule has 16 heavy (non-hydrogen) atoms. The lowest BCUT2D eigenvalue weighted by molar-refractivity contribution is -0.106. The number of aromatic hydroxyl groups is 1. The molecule has 0 aliphatic heterocycles. The number of rotatable bonds is 2. The van der Waals surface area contributed by atoms with Crippen LogP contribution in [0.1, 0.15) is 5.56 Å². The Hall–Kier alpha value is -1.74. The van der Waals surface area contributed by atoms with Crippen molar-refractivity contribution in [2.45, 2.75) is 0 Å². The van der Waals surface area contributed by atoms with Gasteiger partial charge >= 0.3 is 0 Å². The maximum atomic E-state index is 10.7. The highest BCUT2D eigenvalue weighted by Crippen LogP contribution is 2.21. The van der Waals surface area contributed by atoms with Crippen molar-refractivity contribution >= 4 is 34.6 Å². The van der Waals surface area contributed by atoms with E-state index in [1.54, 1.807) is 18.2 Å². The van der Waals surface area contributed by atoms with Crippen LogP contribution in [0.15, 0.2) is 42.5 Å². The summed E-state index contributed by atoms with van der Waals surface area (Å²) in [5, 5.41) is 11.0. The van der Waals surface area contributed by atoms with E-state index in [2.05, 4.69) is 12.6 Å². The summed E-state index contributed by atoms with van der Waals surface area (Å²) in [5.74, 6) is 0.251. The van der Waals surface area contributed by atoms with Crippen molar-refractivity contribution in [1.82, 2.24) is 0 Å². The second kappa shape index (κ2) is 4.41. The topological polar surface area (TPSA) is 37.3 Å². The summed E-state index contributed by atoms with van der Waals surface area (Å²) in [6.45, 7) is 0. The molecule has 0 amide bonds. The molecule has 2 aromatic rings. The van der Waals surface area contributed by atoms with Crippen LogP contribution in [0.2, 0.25) is 0 Å². The van der Waals surface area contributed by atoms with Gasteiger partial charge in [0, 0.05) is 0 Å². The molecule has 0 aromatic heterocycles. The highest BCUT2D eigenvalue weighted by molar-refractivity contribution is 7.97. The number of carbonyl (C=O) groups is 1. The van der Waals surface area contributed by atoms with Gasteiger partial charge in [-0.05, 0) is 40.6 Å². The van der Waals surface area contributed by atoms with Gasteiger partial charge in [0.15, 0.2) is 0 Å². The summed E-state index contributed by atoms with van der Waals surface area (Å²) in [7, 11) is 0. The molecule has 0 atom stereocenters. The normalized spacial score (nSPS) is 11.1. The van der Waals surface area contributed by atoms with E-state index in [4.69, 9.17) is 0 Å². The number of benzene rings is 2. The summed E-state index contributed by atoms with van der Waals surface area (Å²) in [5.41, 5.74) is 0.931. The lowest BCUT2D eigenvalue weighted by Gasteiger charge is -2.00. The van der Waals surface area contributed by atoms with E-state index in [0.29, 0.717) is 0 Å². The second-order valence-electron chi connectivity index (χ2n) is 3.46. The molecular weight excluding hydrogens is 220 g/mol. The van der Waals surface area contributed by atoms with Gasteiger partial charge in [-0.1, -0.05) is 24.3 Å². The van der Waals surface area contributed by atoms with Crippen LogP contribution >= 0.6 is 12.6 Å². The molecule has 0 radical (unpaired) electrons. The van der Waals surface area contributed by atoms with E-state index < -0.39 is 0 Å². The van der Waals surface area contributed by atoms with Crippen LogP contribution in [0.3, 0.4) is 0 Å². The maximum Gasteiger partial charge on any atom is 0.209 e. The van der Waals surface area contributed by atoms with Gasteiger partial charge in [-0.25, -0.2) is 0 Å². The predicted octanol–water partition coefficient (Wildman–Crippen LogP) is 3.02. The van der Waals surface area contributed by atoms with Gasteiger partial charge in [0.1, 0.15) is 5.75 Å². The Bertz CT molecular complexity index is 573. The lowest BCUT2D eigenvalue weighted by Crippen LogP contribution is -1.78. The molecule has 0 bridgehead atoms. The third-order valence-corrected chi connectivity index (χ3v) is 2.42. The third-order valence-electron chi connectivity index (χ3n) is 2.27. The van der Waals surface area contributed by atoms with E-state index in [9.17, 15) is 9.90 Å². The Morgan fingerprint density at radius 3 is 2.56 bits per heavy atom. The van der Waals surface area contributed by atoms with Crippen LogP contribution < -0.4 is 0 Å². The Morgan fingerprint density at radius 2 is 1.81 bits per heavy atom. The minimum atomic E-state index is -0.272. The van der Waals surface area contributed by atoms with Crippen molar-refractivity contribution < 1.29 is 9.90 Å². The van der Waals surface area contributed by atoms with Crippen molar-refractivity contribution in [2.24, 2.45) is 0 Å². The van der Waals surface area contributed by atoms with Gasteiger partial charge in [-0.15, -0.1) is 12.6 Å². The van der Waals surface area contributed by atoms with Gasteiger partial charge in [0.05, 0.1) is 0 Å². The number of phenols is 1. The fraction of sp³-hybridized carbons (Fsp3) is 0. The van der Waals surface area contributed by atoms with Gasteiger partial charge in [0.2, 0.25) is 5.12 Å². The van der Waals surface area contributed by atoms with Gasteiger partial charge in [0.25, 0.3) is 0 Å². The van der Waals surface area contributed by atoms with Crippen LogP contribution in [0.4, 0.5) is 0 Å². The van der Waals surface area contributed by atoms with Crippen molar-refractivity contribution in [3.8, 4) is 5.75 Å². The number of phenolic OH excluding ortho intramolecular Hbond substituents is 1. The molecule has 2 aromatic carbocycles. The molecule has 0 unspecified atom stereocenters. The number of thiol groups is 1. The first-order valence-electron chi connectivity index (χ1n) is 4.79. The number of carbonyl (C=O) groups excluding carboxylic acids is 1. The van der Waals surface area contributed by atoms with E-state index >= 15 is 0 Å². The quantitative estimate of drug-likeness (QED) is 0.614. The highest BCUT2D eigenvalue weighted by atomic mass is 32.1. The van der Waals surface area contributed by atoms with Crippen LogP contribution in [0.25, 0.3) is 16.8 Å². The van der Waals surface area contributed by atoms with Crippen LogP contribution in [-0.2, 0) is 4.79 Å². The molecule has 3 heteroatoms. The minimum Gasteiger partial charge on any atom is -0.508 e. The standard InChI is InChI=1S/C13H10O2S/c14-12-5-4-10-7-9(2-6-13(15)16)1-3-11(10)8-12/h1-8,14H,(H,15,16)/b6-2+. The average molecular weight is 230 g/mol. The first-order valence-corrected chi connectivity index (χ1v) is 5.24. The van der Waals surface area contributed by atoms with E-state index in [-0.39, 0.29) is 10.9 Å². The summed E-state index contributed by atoms with van der Waals surface area (Å²) in [4.78, 5) is 10.7. The molecule has 0 aliphatic carbocycles. The van der Waals surface area contributed by atoms with Crippen molar-refractivity contribution in [3.05, 3.63) is 48.0 Å². The molecule has 0 heterocycles. The Kier molecular flexibility index (Phi) is 2.97. The molecule has 2 rings (SSSR count). The maximum absolute atomic E-state index is 10.7. The largest absolute Gasteiger partial charge is 0.508 e. The number of hydrogen-bond donors (Lipinski definition) is 2. The molecule has 1 N–H and O–H groups in total. The first kappa shape index (κ1) is 10.8. The summed E-state index contributed by atoms with van der Waals surface area (Å²) in [6, 6.07) is 10.9. The Balaban J connectivity index is 2.44. The summed E-state index contributed by atoms with van der Waals surface area (Å²) in [6.07, 6.45) is 3.12. The van der Waals surface area contributed by atoms with E-state index in [0.717, 1.165) is 16.3 Å². The molecular formula is C13H10O2S. The fourth-order valence-corrected chi connectivity index (χ4v) is 1.60. The summed E-state index contributed by atoms with van der Waals surface area (Å²) < 4.78 is 0. The van der Waals surface area contributed by atoms with Gasteiger partial charge < -0.3 is 5.11 Å². The second-order valence-corrected chi connectivity index (χ2v) is 3.90. The predicted molar refractivity (Wildman–Crippen MR) is 68.6 cm³/mol. The number of hydrogen-bond acceptors (Lipinski definition) is 2. The molecule has 0 saturated heterocycles. The molecule has 0 aliphatic rings. The molecule has 0 spiro atoms. The van der Waals surface area contributed by atoms with E-state index in [1.165, 1.54) is 6.08 Å². The molecule has 2 nitrogen and oxygen atoms in total. The monoisotopic (exact) mass is 230 g/mol. The fourth-order valence-electron chi connectivity index (χ4n) is 1.52. The van der Waals surface area contributed by atoms with Crippen LogP contribution in [0.5, 0.6) is 5.75 Å². The van der Waals surface area contributed by atoms with E-state index in [1.807, 2.05) is 24.3 Å².